The van der Waals surface area contributed by atoms with Crippen molar-refractivity contribution in [1.82, 2.24) is 15.0 Å². The third kappa shape index (κ3) is 11.4. The van der Waals surface area contributed by atoms with Crippen molar-refractivity contribution in [3.05, 3.63) is 179 Å². The summed E-state index contributed by atoms with van der Waals surface area (Å²) in [5.74, 6) is 2.17. The molecule has 9 heteroatoms. The first-order chi connectivity index (χ1) is 29.2. The quantitative estimate of drug-likeness (QED) is 0.0658. The van der Waals surface area contributed by atoms with Crippen molar-refractivity contribution in [1.29, 1.82) is 0 Å². The Labute approximate surface area is 351 Å². The van der Waals surface area contributed by atoms with Crippen molar-refractivity contribution in [3.63, 3.8) is 0 Å². The molecule has 0 saturated carbocycles. The first kappa shape index (κ1) is 41.8. The molecular weight excluding hydrogens is 751 g/mol. The molecule has 0 bridgehead atoms. The molecule has 0 saturated heterocycles. The first-order valence-electron chi connectivity index (χ1n) is 20.0. The van der Waals surface area contributed by atoms with Crippen LogP contribution in [0.3, 0.4) is 0 Å². The minimum Gasteiger partial charge on any atom is -0.487 e. The topological polar surface area (TPSA) is 94.1 Å². The highest BCUT2D eigenvalue weighted by Gasteiger charge is 2.10. The summed E-state index contributed by atoms with van der Waals surface area (Å²) in [4.78, 5) is 14.0. The van der Waals surface area contributed by atoms with Crippen LogP contribution in [-0.2, 0) is 34.0 Å². The van der Waals surface area contributed by atoms with Crippen LogP contribution in [0.15, 0.2) is 146 Å². The molecule has 0 N–H and O–H groups in total. The molecule has 4 aromatic carbocycles. The minimum absolute atomic E-state index is 0.316. The third-order valence-corrected chi connectivity index (χ3v) is 9.60. The lowest BCUT2D eigenvalue weighted by atomic mass is 10.1. The number of aryl methyl sites for hydroxylation is 3. The maximum atomic E-state index is 6.15. The number of fused-ring (bicyclic) bond motifs is 3. The van der Waals surface area contributed by atoms with Gasteiger partial charge in [0.15, 0.2) is 0 Å². The molecule has 0 radical (unpaired) electrons. The number of para-hydroxylation sites is 3. The Morgan fingerprint density at radius 3 is 1.00 bits per heavy atom. The average molecular weight is 802 g/mol. The van der Waals surface area contributed by atoms with Gasteiger partial charge in [0, 0.05) is 33.2 Å². The molecule has 0 aliphatic carbocycles. The fourth-order valence-electron chi connectivity index (χ4n) is 6.70. The van der Waals surface area contributed by atoms with E-state index in [0.717, 1.165) is 100 Å². The molecule has 7 rings (SSSR count). The second-order valence-corrected chi connectivity index (χ2v) is 15.1. The number of hydrogen-bond donors (Lipinski definition) is 0. The van der Waals surface area contributed by atoms with Gasteiger partial charge in [-0.05, 0) is 90.6 Å². The van der Waals surface area contributed by atoms with Gasteiger partial charge in [0.05, 0.1) is 39.6 Å². The monoisotopic (exact) mass is 801 g/mol. The van der Waals surface area contributed by atoms with Gasteiger partial charge in [-0.1, -0.05) is 92.5 Å². The number of aromatic nitrogens is 3. The molecular formula is C51H51N3O6. The Balaban J connectivity index is 0.934. The summed E-state index contributed by atoms with van der Waals surface area (Å²) in [6.07, 6.45) is 0. The molecule has 0 fully saturated rings. The van der Waals surface area contributed by atoms with Crippen molar-refractivity contribution in [2.75, 3.05) is 39.6 Å². The van der Waals surface area contributed by atoms with Crippen molar-refractivity contribution >= 4 is 32.7 Å². The van der Waals surface area contributed by atoms with Gasteiger partial charge in [-0.15, -0.1) is 0 Å². The Morgan fingerprint density at radius 2 is 0.700 bits per heavy atom. The van der Waals surface area contributed by atoms with Crippen LogP contribution >= 0.6 is 0 Å². The Bertz CT molecular complexity index is 2350. The van der Waals surface area contributed by atoms with Crippen molar-refractivity contribution in [3.8, 4) is 17.2 Å². The second-order valence-electron chi connectivity index (χ2n) is 15.1. The maximum Gasteiger partial charge on any atom is 0.146 e. The summed E-state index contributed by atoms with van der Waals surface area (Å²) in [6, 6.07) is 36.2. The number of pyridine rings is 3. The van der Waals surface area contributed by atoms with Crippen LogP contribution in [0.4, 0.5) is 0 Å². The van der Waals surface area contributed by atoms with E-state index in [2.05, 4.69) is 71.1 Å². The fraction of sp³-hybridized carbons (Fsp3) is 0.235. The zero-order valence-corrected chi connectivity index (χ0v) is 34.7. The molecule has 0 amide bonds. The van der Waals surface area contributed by atoms with Gasteiger partial charge in [-0.3, -0.25) is 0 Å². The average Bonchev–Trinajstić information content (AvgIpc) is 3.24. The highest BCUT2D eigenvalue weighted by molar-refractivity contribution is 5.86. The van der Waals surface area contributed by atoms with E-state index in [1.807, 2.05) is 93.6 Å². The summed E-state index contributed by atoms with van der Waals surface area (Å²) in [5, 5.41) is 3.09. The number of hydrogen-bond acceptors (Lipinski definition) is 9. The highest BCUT2D eigenvalue weighted by atomic mass is 16.5. The lowest BCUT2D eigenvalue weighted by molar-refractivity contribution is 0.128. The van der Waals surface area contributed by atoms with Gasteiger partial charge in [0.25, 0.3) is 0 Å². The van der Waals surface area contributed by atoms with Crippen LogP contribution in [-0.4, -0.2) is 54.6 Å². The van der Waals surface area contributed by atoms with Gasteiger partial charge >= 0.3 is 0 Å². The predicted molar refractivity (Wildman–Crippen MR) is 239 cm³/mol. The molecule has 0 aliphatic rings. The van der Waals surface area contributed by atoms with E-state index in [1.54, 1.807) is 0 Å². The van der Waals surface area contributed by atoms with E-state index in [9.17, 15) is 0 Å². The lowest BCUT2D eigenvalue weighted by Crippen LogP contribution is -2.09. The summed E-state index contributed by atoms with van der Waals surface area (Å²) < 4.78 is 36.8. The summed E-state index contributed by atoms with van der Waals surface area (Å²) in [6.45, 7) is 21.6. The van der Waals surface area contributed by atoms with Gasteiger partial charge in [-0.25, -0.2) is 15.0 Å². The lowest BCUT2D eigenvalue weighted by Gasteiger charge is -2.14. The van der Waals surface area contributed by atoms with Crippen LogP contribution in [0.5, 0.6) is 17.2 Å². The Morgan fingerprint density at radius 1 is 0.400 bits per heavy atom. The van der Waals surface area contributed by atoms with Crippen LogP contribution in [0.2, 0.25) is 0 Å². The van der Waals surface area contributed by atoms with Crippen molar-refractivity contribution < 1.29 is 28.4 Å². The molecule has 7 aromatic rings. The molecule has 306 valence electrons. The molecule has 60 heavy (non-hydrogen) atoms. The SMILES string of the molecule is C=C(COCc1cc(COCC(=C)COc2cccc3ccc(C)nc23)cc(COCC(=C)COc2cccc3ccc(C)nc23)c1)COc1cccc2ccc(C)nc12. The van der Waals surface area contributed by atoms with E-state index in [0.29, 0.717) is 59.5 Å². The van der Waals surface area contributed by atoms with Crippen LogP contribution in [0.1, 0.15) is 33.8 Å². The van der Waals surface area contributed by atoms with E-state index in [4.69, 9.17) is 28.4 Å². The number of nitrogens with zero attached hydrogens (tertiary/aromatic N) is 3. The number of ether oxygens (including phenoxy) is 6. The summed E-state index contributed by atoms with van der Waals surface area (Å²) in [7, 11) is 0. The molecule has 0 atom stereocenters. The minimum atomic E-state index is 0.316. The van der Waals surface area contributed by atoms with Gasteiger partial charge in [-0.2, -0.15) is 0 Å². The predicted octanol–water partition coefficient (Wildman–Crippen LogP) is 10.7. The molecule has 0 unspecified atom stereocenters. The first-order valence-corrected chi connectivity index (χ1v) is 20.0. The molecule has 0 spiro atoms. The van der Waals surface area contributed by atoms with Crippen LogP contribution in [0, 0.1) is 20.8 Å². The van der Waals surface area contributed by atoms with Gasteiger partial charge < -0.3 is 28.4 Å². The van der Waals surface area contributed by atoms with E-state index >= 15 is 0 Å². The summed E-state index contributed by atoms with van der Waals surface area (Å²) >= 11 is 0. The third-order valence-electron chi connectivity index (χ3n) is 9.60. The normalized spacial score (nSPS) is 11.2. The number of benzene rings is 4. The largest absolute Gasteiger partial charge is 0.487 e. The second kappa shape index (κ2) is 20.0. The molecule has 9 nitrogen and oxygen atoms in total. The molecule has 0 aliphatic heterocycles. The van der Waals surface area contributed by atoms with E-state index in [-0.39, 0.29) is 0 Å². The zero-order chi connectivity index (χ0) is 41.8. The zero-order valence-electron chi connectivity index (χ0n) is 34.7. The van der Waals surface area contributed by atoms with Crippen LogP contribution < -0.4 is 14.2 Å². The smallest absolute Gasteiger partial charge is 0.146 e. The van der Waals surface area contributed by atoms with Gasteiger partial charge in [0.1, 0.15) is 53.6 Å². The fourth-order valence-corrected chi connectivity index (χ4v) is 6.70. The van der Waals surface area contributed by atoms with E-state index in [1.165, 1.54) is 0 Å². The molecule has 3 heterocycles. The van der Waals surface area contributed by atoms with E-state index < -0.39 is 0 Å². The van der Waals surface area contributed by atoms with Crippen molar-refractivity contribution in [2.24, 2.45) is 0 Å². The summed E-state index contributed by atoms with van der Waals surface area (Å²) in [5.41, 5.74) is 10.7. The Kier molecular flexibility index (Phi) is 14.0. The van der Waals surface area contributed by atoms with Gasteiger partial charge in [0.2, 0.25) is 0 Å². The molecule has 3 aromatic heterocycles. The number of rotatable bonds is 21. The highest BCUT2D eigenvalue weighted by Crippen LogP contribution is 2.27. The van der Waals surface area contributed by atoms with Crippen molar-refractivity contribution in [2.45, 2.75) is 40.6 Å². The van der Waals surface area contributed by atoms with Crippen LogP contribution in [0.25, 0.3) is 32.7 Å². The maximum absolute atomic E-state index is 6.15. The Hall–Kier alpha value is -6.39. The standard InChI is InChI=1S/C51H51N3O6/c1-34(28-58-46-13-7-10-43-19-16-37(4)52-49(43)46)25-55-31-40-22-41(32-56-26-35(2)29-59-47-14-8-11-44-20-17-38(5)53-50(44)47)24-42(23-40)33-57-27-36(3)30-60-48-15-9-12-45-21-18-39(6)54-51(45)48/h7-24H,1-3,25-33H2,4-6H3.